The van der Waals surface area contributed by atoms with E-state index >= 15 is 0 Å². The van der Waals surface area contributed by atoms with Gasteiger partial charge in [0.1, 0.15) is 0 Å². The standard InChI is InChI=1S/C21H24F2N4/c1-21(22,23)16-10-8-15(9-11-16)13-27-19-7-3-2-6-18(19)25-20(27)26-12-4-5-17(24)14-26/h2-3,6-11,17H,4-5,12-14,24H2,1H3/t17-/m1/s1. The van der Waals surface area contributed by atoms with Crippen LogP contribution in [0.15, 0.2) is 48.5 Å². The van der Waals surface area contributed by atoms with E-state index in [1.165, 1.54) is 12.1 Å². The molecule has 0 saturated carbocycles. The normalized spacial score (nSPS) is 18.2. The number of para-hydroxylation sites is 2. The van der Waals surface area contributed by atoms with Gasteiger partial charge in [-0.1, -0.05) is 36.4 Å². The lowest BCUT2D eigenvalue weighted by atomic mass is 10.1. The molecule has 1 aliphatic heterocycles. The number of aromatic nitrogens is 2. The van der Waals surface area contributed by atoms with Crippen molar-refractivity contribution in [3.05, 3.63) is 59.7 Å². The largest absolute Gasteiger partial charge is 0.341 e. The fourth-order valence-electron chi connectivity index (χ4n) is 3.74. The summed E-state index contributed by atoms with van der Waals surface area (Å²) in [6.45, 7) is 3.21. The smallest absolute Gasteiger partial charge is 0.270 e. The van der Waals surface area contributed by atoms with Crippen molar-refractivity contribution in [3.8, 4) is 0 Å². The second-order valence-electron chi connectivity index (χ2n) is 7.42. The van der Waals surface area contributed by atoms with Gasteiger partial charge < -0.3 is 15.2 Å². The summed E-state index contributed by atoms with van der Waals surface area (Å²) >= 11 is 0. The molecule has 2 N–H and O–H groups in total. The van der Waals surface area contributed by atoms with Crippen molar-refractivity contribution in [3.63, 3.8) is 0 Å². The van der Waals surface area contributed by atoms with Crippen LogP contribution in [0.2, 0.25) is 0 Å². The van der Waals surface area contributed by atoms with Gasteiger partial charge in [0.15, 0.2) is 0 Å². The Kier molecular flexibility index (Phi) is 4.60. The molecule has 4 nitrogen and oxygen atoms in total. The van der Waals surface area contributed by atoms with Crippen molar-refractivity contribution in [2.75, 3.05) is 18.0 Å². The molecule has 6 heteroatoms. The Morgan fingerprint density at radius 1 is 1.15 bits per heavy atom. The van der Waals surface area contributed by atoms with Gasteiger partial charge in [0.2, 0.25) is 5.95 Å². The Morgan fingerprint density at radius 2 is 1.89 bits per heavy atom. The number of imidazole rings is 1. The van der Waals surface area contributed by atoms with E-state index in [1.54, 1.807) is 12.1 Å². The van der Waals surface area contributed by atoms with Crippen LogP contribution in [0.4, 0.5) is 14.7 Å². The van der Waals surface area contributed by atoms with Crippen LogP contribution < -0.4 is 10.6 Å². The molecule has 1 aromatic heterocycles. The van der Waals surface area contributed by atoms with Crippen molar-refractivity contribution in [2.24, 2.45) is 5.73 Å². The Hall–Kier alpha value is -2.47. The van der Waals surface area contributed by atoms with Crippen molar-refractivity contribution in [2.45, 2.75) is 38.3 Å². The molecule has 3 aromatic rings. The minimum atomic E-state index is -2.82. The van der Waals surface area contributed by atoms with E-state index in [-0.39, 0.29) is 11.6 Å². The SMILES string of the molecule is CC(F)(F)c1ccc(Cn2c(N3CCC[C@@H](N)C3)nc3ccccc32)cc1. The summed E-state index contributed by atoms with van der Waals surface area (Å²) in [6, 6.07) is 14.7. The number of alkyl halides is 2. The summed E-state index contributed by atoms with van der Waals surface area (Å²) in [7, 11) is 0. The lowest BCUT2D eigenvalue weighted by Gasteiger charge is -2.32. The first-order valence-corrected chi connectivity index (χ1v) is 9.35. The Bertz CT molecular complexity index is 927. The molecule has 4 rings (SSSR count). The molecule has 2 heterocycles. The molecule has 0 bridgehead atoms. The molecule has 0 aliphatic carbocycles. The second-order valence-corrected chi connectivity index (χ2v) is 7.42. The Labute approximate surface area is 157 Å². The van der Waals surface area contributed by atoms with Gasteiger partial charge in [-0.2, -0.15) is 0 Å². The van der Waals surface area contributed by atoms with Gasteiger partial charge in [0.25, 0.3) is 5.92 Å². The van der Waals surface area contributed by atoms with E-state index < -0.39 is 5.92 Å². The van der Waals surface area contributed by atoms with Gasteiger partial charge in [-0.05, 0) is 30.5 Å². The number of benzene rings is 2. The van der Waals surface area contributed by atoms with Gasteiger partial charge in [-0.3, -0.25) is 0 Å². The maximum atomic E-state index is 13.5. The lowest BCUT2D eigenvalue weighted by Crippen LogP contribution is -2.44. The molecule has 142 valence electrons. The zero-order chi connectivity index (χ0) is 19.0. The number of rotatable bonds is 4. The number of hydrogen-bond donors (Lipinski definition) is 1. The zero-order valence-electron chi connectivity index (χ0n) is 15.4. The third-order valence-electron chi connectivity index (χ3n) is 5.18. The Balaban J connectivity index is 1.70. The number of halogens is 2. The van der Waals surface area contributed by atoms with E-state index in [1.807, 2.05) is 24.3 Å². The number of fused-ring (bicyclic) bond motifs is 1. The van der Waals surface area contributed by atoms with Crippen LogP contribution in [0, 0.1) is 0 Å². The van der Waals surface area contributed by atoms with E-state index in [4.69, 9.17) is 10.7 Å². The molecule has 0 radical (unpaired) electrons. The summed E-state index contributed by atoms with van der Waals surface area (Å²) in [5.74, 6) is -1.92. The van der Waals surface area contributed by atoms with Crippen LogP contribution in [-0.2, 0) is 12.5 Å². The average Bonchev–Trinajstić information content (AvgIpc) is 3.00. The summed E-state index contributed by atoms with van der Waals surface area (Å²) < 4.78 is 29.1. The van der Waals surface area contributed by atoms with Crippen LogP contribution in [0.1, 0.15) is 30.9 Å². The molecule has 0 unspecified atom stereocenters. The fraction of sp³-hybridized carbons (Fsp3) is 0.381. The maximum absolute atomic E-state index is 13.5. The van der Waals surface area contributed by atoms with E-state index in [9.17, 15) is 8.78 Å². The van der Waals surface area contributed by atoms with E-state index in [0.717, 1.165) is 55.4 Å². The summed E-state index contributed by atoms with van der Waals surface area (Å²) in [5, 5.41) is 0. The van der Waals surface area contributed by atoms with Crippen molar-refractivity contribution in [1.82, 2.24) is 9.55 Å². The summed E-state index contributed by atoms with van der Waals surface area (Å²) in [4.78, 5) is 7.08. The van der Waals surface area contributed by atoms with E-state index in [0.29, 0.717) is 6.54 Å². The number of nitrogens with zero attached hydrogens (tertiary/aromatic N) is 3. The number of anilines is 1. The number of hydrogen-bond acceptors (Lipinski definition) is 3. The highest BCUT2D eigenvalue weighted by Crippen LogP contribution is 2.29. The first-order chi connectivity index (χ1) is 12.9. The lowest BCUT2D eigenvalue weighted by molar-refractivity contribution is 0.0174. The van der Waals surface area contributed by atoms with Gasteiger partial charge in [-0.25, -0.2) is 13.8 Å². The molecule has 27 heavy (non-hydrogen) atoms. The molecular formula is C21H24F2N4. The summed E-state index contributed by atoms with van der Waals surface area (Å²) in [6.07, 6.45) is 2.08. The van der Waals surface area contributed by atoms with Crippen molar-refractivity contribution in [1.29, 1.82) is 0 Å². The minimum absolute atomic E-state index is 0.0315. The Morgan fingerprint density at radius 3 is 2.59 bits per heavy atom. The molecule has 0 amide bonds. The molecule has 1 aliphatic rings. The van der Waals surface area contributed by atoms with Gasteiger partial charge in [0.05, 0.1) is 17.6 Å². The third-order valence-corrected chi connectivity index (χ3v) is 5.18. The predicted octanol–water partition coefficient (Wildman–Crippen LogP) is 4.12. The van der Waals surface area contributed by atoms with E-state index in [2.05, 4.69) is 9.47 Å². The molecule has 1 atom stereocenters. The topological polar surface area (TPSA) is 47.1 Å². The molecule has 2 aromatic carbocycles. The average molecular weight is 370 g/mol. The molecule has 1 fully saturated rings. The fourth-order valence-corrected chi connectivity index (χ4v) is 3.74. The number of piperidine rings is 1. The molecular weight excluding hydrogens is 346 g/mol. The first-order valence-electron chi connectivity index (χ1n) is 9.35. The minimum Gasteiger partial charge on any atom is -0.341 e. The third kappa shape index (κ3) is 3.67. The quantitative estimate of drug-likeness (QED) is 0.751. The van der Waals surface area contributed by atoms with Gasteiger partial charge in [0, 0.05) is 31.6 Å². The van der Waals surface area contributed by atoms with Crippen molar-refractivity contribution < 1.29 is 8.78 Å². The first kappa shape index (κ1) is 17.9. The maximum Gasteiger partial charge on any atom is 0.270 e. The van der Waals surface area contributed by atoms with Crippen LogP contribution in [0.5, 0.6) is 0 Å². The highest BCUT2D eigenvalue weighted by atomic mass is 19.3. The highest BCUT2D eigenvalue weighted by molar-refractivity contribution is 5.79. The van der Waals surface area contributed by atoms with Gasteiger partial charge >= 0.3 is 0 Å². The monoisotopic (exact) mass is 370 g/mol. The van der Waals surface area contributed by atoms with Crippen molar-refractivity contribution >= 4 is 17.0 Å². The van der Waals surface area contributed by atoms with Gasteiger partial charge in [-0.15, -0.1) is 0 Å². The van der Waals surface area contributed by atoms with Crippen LogP contribution in [0.3, 0.4) is 0 Å². The summed E-state index contributed by atoms with van der Waals surface area (Å²) in [5.41, 5.74) is 9.14. The number of nitrogens with two attached hydrogens (primary N) is 1. The predicted molar refractivity (Wildman–Crippen MR) is 104 cm³/mol. The molecule has 0 spiro atoms. The second kappa shape index (κ2) is 6.93. The van der Waals surface area contributed by atoms with Crippen LogP contribution >= 0.6 is 0 Å². The highest BCUT2D eigenvalue weighted by Gasteiger charge is 2.25. The molecule has 1 saturated heterocycles. The van der Waals surface area contributed by atoms with Crippen LogP contribution in [-0.4, -0.2) is 28.7 Å². The van der Waals surface area contributed by atoms with Crippen LogP contribution in [0.25, 0.3) is 11.0 Å². The zero-order valence-corrected chi connectivity index (χ0v) is 15.4.